The Morgan fingerprint density at radius 3 is 2.60 bits per heavy atom. The largest absolute Gasteiger partial charge is 0.341 e. The fourth-order valence-electron chi connectivity index (χ4n) is 3.85. The summed E-state index contributed by atoms with van der Waals surface area (Å²) in [6.45, 7) is 6.44. The van der Waals surface area contributed by atoms with Crippen LogP contribution in [0.15, 0.2) is 30.3 Å². The lowest BCUT2D eigenvalue weighted by molar-refractivity contribution is -0.133. The number of hydrogen-bond acceptors (Lipinski definition) is 4. The van der Waals surface area contributed by atoms with Crippen LogP contribution >= 0.6 is 0 Å². The number of fused-ring (bicyclic) bond motifs is 1. The Kier molecular flexibility index (Phi) is 7.82. The molecule has 3 rings (SSSR count). The average Bonchev–Trinajstić information content (AvgIpc) is 2.99. The van der Waals surface area contributed by atoms with Crippen LogP contribution < -0.4 is 10.6 Å². The van der Waals surface area contributed by atoms with Gasteiger partial charge in [0.25, 0.3) is 0 Å². The van der Waals surface area contributed by atoms with Crippen molar-refractivity contribution in [2.45, 2.75) is 58.5 Å². The SMILES string of the molecule is CCN(CC)C(=O)C(NC(=O)NCCc1nnc2n1CCCCC2)c1ccccc1. The van der Waals surface area contributed by atoms with Crippen LogP contribution in [0, 0.1) is 0 Å². The third-order valence-electron chi connectivity index (χ3n) is 5.55. The van der Waals surface area contributed by atoms with Crippen LogP contribution in [0.2, 0.25) is 0 Å². The topological polar surface area (TPSA) is 92.2 Å². The van der Waals surface area contributed by atoms with Gasteiger partial charge < -0.3 is 20.1 Å². The van der Waals surface area contributed by atoms with Gasteiger partial charge in [-0.2, -0.15) is 0 Å². The summed E-state index contributed by atoms with van der Waals surface area (Å²) in [4.78, 5) is 27.2. The summed E-state index contributed by atoms with van der Waals surface area (Å²) in [5.74, 6) is 1.84. The van der Waals surface area contributed by atoms with Crippen LogP contribution in [0.5, 0.6) is 0 Å². The molecule has 0 radical (unpaired) electrons. The molecule has 2 N–H and O–H groups in total. The molecule has 0 aliphatic carbocycles. The van der Waals surface area contributed by atoms with E-state index in [4.69, 9.17) is 0 Å². The van der Waals surface area contributed by atoms with E-state index in [0.29, 0.717) is 26.1 Å². The molecule has 0 bridgehead atoms. The summed E-state index contributed by atoms with van der Waals surface area (Å²) >= 11 is 0. The van der Waals surface area contributed by atoms with Crippen molar-refractivity contribution < 1.29 is 9.59 Å². The van der Waals surface area contributed by atoms with Crippen molar-refractivity contribution in [2.75, 3.05) is 19.6 Å². The summed E-state index contributed by atoms with van der Waals surface area (Å²) in [7, 11) is 0. The molecule has 8 heteroatoms. The predicted octanol–water partition coefficient (Wildman–Crippen LogP) is 2.46. The van der Waals surface area contributed by atoms with Gasteiger partial charge in [0, 0.05) is 39.0 Å². The number of benzene rings is 1. The van der Waals surface area contributed by atoms with Crippen LogP contribution in [-0.4, -0.2) is 51.2 Å². The zero-order valence-electron chi connectivity index (χ0n) is 17.9. The van der Waals surface area contributed by atoms with E-state index >= 15 is 0 Å². The summed E-state index contributed by atoms with van der Waals surface area (Å²) in [6.07, 6.45) is 5.08. The number of urea groups is 1. The zero-order chi connectivity index (χ0) is 21.3. The number of hydrogen-bond donors (Lipinski definition) is 2. The van der Waals surface area contributed by atoms with Gasteiger partial charge in [0.2, 0.25) is 5.91 Å². The number of rotatable bonds is 8. The summed E-state index contributed by atoms with van der Waals surface area (Å²) in [5.41, 5.74) is 0.771. The van der Waals surface area contributed by atoms with Crippen molar-refractivity contribution in [3.05, 3.63) is 47.5 Å². The van der Waals surface area contributed by atoms with Crippen molar-refractivity contribution in [3.63, 3.8) is 0 Å². The van der Waals surface area contributed by atoms with Crippen LogP contribution in [0.4, 0.5) is 4.79 Å². The fraction of sp³-hybridized carbons (Fsp3) is 0.545. The van der Waals surface area contributed by atoms with Gasteiger partial charge in [-0.3, -0.25) is 4.79 Å². The molecule has 0 saturated heterocycles. The van der Waals surface area contributed by atoms with Gasteiger partial charge in [-0.1, -0.05) is 36.8 Å². The van der Waals surface area contributed by atoms with Gasteiger partial charge in [0.15, 0.2) is 0 Å². The average molecular weight is 413 g/mol. The van der Waals surface area contributed by atoms with Crippen molar-refractivity contribution in [1.82, 2.24) is 30.3 Å². The molecular formula is C22H32N6O2. The Hall–Kier alpha value is -2.90. The second kappa shape index (κ2) is 10.8. The van der Waals surface area contributed by atoms with E-state index in [1.165, 1.54) is 6.42 Å². The molecule has 1 atom stereocenters. The lowest BCUT2D eigenvalue weighted by Crippen LogP contribution is -2.46. The number of amides is 3. The smallest absolute Gasteiger partial charge is 0.315 e. The molecule has 0 saturated carbocycles. The zero-order valence-corrected chi connectivity index (χ0v) is 17.9. The number of carbonyl (C=O) groups excluding carboxylic acids is 2. The van der Waals surface area contributed by atoms with E-state index in [2.05, 4.69) is 25.4 Å². The second-order valence-corrected chi connectivity index (χ2v) is 7.50. The molecule has 30 heavy (non-hydrogen) atoms. The van der Waals surface area contributed by atoms with Crippen molar-refractivity contribution in [1.29, 1.82) is 0 Å². The van der Waals surface area contributed by atoms with Gasteiger partial charge in [-0.05, 0) is 32.3 Å². The highest BCUT2D eigenvalue weighted by atomic mass is 16.2. The Labute approximate surface area is 178 Å². The molecule has 1 aliphatic rings. The van der Waals surface area contributed by atoms with Gasteiger partial charge >= 0.3 is 6.03 Å². The third-order valence-corrected chi connectivity index (χ3v) is 5.55. The van der Waals surface area contributed by atoms with Crippen LogP contribution in [0.1, 0.15) is 56.4 Å². The standard InChI is InChI=1S/C22H32N6O2/c1-3-27(4-2)21(29)20(17-11-7-5-8-12-17)24-22(30)23-15-14-19-26-25-18-13-9-6-10-16-28(18)19/h5,7-8,11-12,20H,3-4,6,9-10,13-16H2,1-2H3,(H2,23,24,30). The highest BCUT2D eigenvalue weighted by Gasteiger charge is 2.26. The predicted molar refractivity (Wildman–Crippen MR) is 115 cm³/mol. The molecule has 8 nitrogen and oxygen atoms in total. The Morgan fingerprint density at radius 2 is 1.87 bits per heavy atom. The minimum Gasteiger partial charge on any atom is -0.341 e. The van der Waals surface area contributed by atoms with Crippen LogP contribution in [0.25, 0.3) is 0 Å². The number of nitrogens with one attached hydrogen (secondary N) is 2. The maximum atomic E-state index is 13.0. The molecule has 0 fully saturated rings. The maximum Gasteiger partial charge on any atom is 0.315 e. The van der Waals surface area contributed by atoms with Crippen LogP contribution in [0.3, 0.4) is 0 Å². The molecule has 1 aliphatic heterocycles. The first kappa shape index (κ1) is 21.8. The highest BCUT2D eigenvalue weighted by molar-refractivity contribution is 5.88. The Bertz CT molecular complexity index is 831. The molecule has 2 heterocycles. The first-order valence-electron chi connectivity index (χ1n) is 10.9. The van der Waals surface area contributed by atoms with E-state index < -0.39 is 6.04 Å². The number of aromatic nitrogens is 3. The molecule has 2 aromatic rings. The first-order valence-corrected chi connectivity index (χ1v) is 10.9. The second-order valence-electron chi connectivity index (χ2n) is 7.50. The molecule has 1 aromatic carbocycles. The van der Waals surface area contributed by atoms with Gasteiger partial charge in [-0.25, -0.2) is 4.79 Å². The van der Waals surface area contributed by atoms with E-state index in [1.807, 2.05) is 44.2 Å². The molecule has 3 amide bonds. The normalized spacial score (nSPS) is 14.3. The maximum absolute atomic E-state index is 13.0. The third kappa shape index (κ3) is 5.37. The first-order chi connectivity index (χ1) is 14.6. The fourth-order valence-corrected chi connectivity index (χ4v) is 3.85. The summed E-state index contributed by atoms with van der Waals surface area (Å²) in [5, 5.41) is 14.3. The molecular weight excluding hydrogens is 380 g/mol. The minimum atomic E-state index is -0.713. The lowest BCUT2D eigenvalue weighted by Gasteiger charge is -2.26. The minimum absolute atomic E-state index is 0.107. The van der Waals surface area contributed by atoms with Crippen molar-refractivity contribution in [2.24, 2.45) is 0 Å². The molecule has 162 valence electrons. The van der Waals surface area contributed by atoms with Gasteiger partial charge in [-0.15, -0.1) is 10.2 Å². The number of aryl methyl sites for hydroxylation is 1. The van der Waals surface area contributed by atoms with Gasteiger partial charge in [0.1, 0.15) is 17.7 Å². The Morgan fingerprint density at radius 1 is 1.10 bits per heavy atom. The highest BCUT2D eigenvalue weighted by Crippen LogP contribution is 2.16. The van der Waals surface area contributed by atoms with E-state index in [-0.39, 0.29) is 11.9 Å². The van der Waals surface area contributed by atoms with Crippen molar-refractivity contribution >= 4 is 11.9 Å². The van der Waals surface area contributed by atoms with Gasteiger partial charge in [0.05, 0.1) is 0 Å². The van der Waals surface area contributed by atoms with E-state index in [9.17, 15) is 9.59 Å². The van der Waals surface area contributed by atoms with Crippen molar-refractivity contribution in [3.8, 4) is 0 Å². The molecule has 1 unspecified atom stereocenters. The Balaban J connectivity index is 1.59. The number of likely N-dealkylation sites (N-methyl/N-ethyl adjacent to an activating group) is 1. The van der Waals surface area contributed by atoms with E-state index in [0.717, 1.165) is 43.0 Å². The number of carbonyl (C=O) groups is 2. The lowest BCUT2D eigenvalue weighted by atomic mass is 10.1. The summed E-state index contributed by atoms with van der Waals surface area (Å²) < 4.78 is 2.18. The molecule has 0 spiro atoms. The molecule has 1 aromatic heterocycles. The van der Waals surface area contributed by atoms with Crippen LogP contribution in [-0.2, 0) is 24.2 Å². The van der Waals surface area contributed by atoms with E-state index in [1.54, 1.807) is 4.90 Å². The quantitative estimate of drug-likeness (QED) is 0.697. The summed E-state index contributed by atoms with van der Waals surface area (Å²) in [6, 6.07) is 8.28. The number of nitrogens with zero attached hydrogens (tertiary/aromatic N) is 4. The monoisotopic (exact) mass is 412 g/mol.